The Hall–Kier alpha value is -2.99. The number of unbranched alkanes of at least 4 members (excludes halogenated alkanes) is 1. The summed E-state index contributed by atoms with van der Waals surface area (Å²) < 4.78 is 5.56. The zero-order chi connectivity index (χ0) is 25.0. The molecule has 4 rings (SSSR count). The molecule has 1 atom stereocenters. The highest BCUT2D eigenvalue weighted by atomic mass is 32.1. The van der Waals surface area contributed by atoms with Gasteiger partial charge in [0.05, 0.1) is 16.8 Å². The van der Waals surface area contributed by atoms with Crippen molar-refractivity contribution in [2.24, 2.45) is 11.3 Å². The van der Waals surface area contributed by atoms with E-state index in [4.69, 9.17) is 9.72 Å². The molecule has 0 saturated carbocycles. The van der Waals surface area contributed by atoms with Gasteiger partial charge in [0.25, 0.3) is 5.91 Å². The molecule has 1 aliphatic rings. The van der Waals surface area contributed by atoms with Crippen LogP contribution in [0.25, 0.3) is 22.6 Å². The Morgan fingerprint density at radius 1 is 1.17 bits per heavy atom. The van der Waals surface area contributed by atoms with Gasteiger partial charge in [-0.2, -0.15) is 0 Å². The lowest BCUT2D eigenvalue weighted by molar-refractivity contribution is -0.124. The summed E-state index contributed by atoms with van der Waals surface area (Å²) in [5, 5.41) is 5.65. The first-order valence-corrected chi connectivity index (χ1v) is 13.3. The van der Waals surface area contributed by atoms with E-state index in [0.717, 1.165) is 53.4 Å². The van der Waals surface area contributed by atoms with Crippen molar-refractivity contribution in [1.29, 1.82) is 0 Å². The highest BCUT2D eigenvalue weighted by molar-refractivity contribution is 7.10. The van der Waals surface area contributed by atoms with Crippen molar-refractivity contribution in [2.75, 3.05) is 13.2 Å². The topological polar surface area (TPSA) is 68.3 Å². The average Bonchev–Trinajstić information content (AvgIpc) is 3.34. The van der Waals surface area contributed by atoms with Gasteiger partial charge in [0.15, 0.2) is 6.61 Å². The Labute approximate surface area is 211 Å². The molecular formula is C29H34N2O3S. The number of carbonyl (C=O) groups is 2. The fourth-order valence-corrected chi connectivity index (χ4v) is 5.25. The molecule has 0 bridgehead atoms. The van der Waals surface area contributed by atoms with Crippen molar-refractivity contribution in [3.05, 3.63) is 63.5 Å². The molecule has 0 spiro atoms. The number of para-hydroxylation sites is 1. The van der Waals surface area contributed by atoms with Crippen LogP contribution in [0.4, 0.5) is 0 Å². The molecule has 1 N–H and O–H groups in total. The third kappa shape index (κ3) is 5.81. The largest absolute Gasteiger partial charge is 0.452 e. The average molecular weight is 491 g/mol. The summed E-state index contributed by atoms with van der Waals surface area (Å²) in [6.07, 6.45) is 5.74. The number of esters is 1. The van der Waals surface area contributed by atoms with Gasteiger partial charge in [-0.05, 0) is 65.3 Å². The van der Waals surface area contributed by atoms with Gasteiger partial charge >= 0.3 is 5.97 Å². The fraction of sp³-hybridized carbons (Fsp3) is 0.414. The quantitative estimate of drug-likeness (QED) is 0.302. The van der Waals surface area contributed by atoms with Gasteiger partial charge in [0.2, 0.25) is 0 Å². The zero-order valence-electron chi connectivity index (χ0n) is 21.0. The second-order valence-electron chi connectivity index (χ2n) is 10.3. The van der Waals surface area contributed by atoms with Crippen LogP contribution in [0.15, 0.2) is 41.8 Å². The molecule has 184 valence electrons. The molecule has 1 amide bonds. The van der Waals surface area contributed by atoms with Crippen LogP contribution in [0.5, 0.6) is 0 Å². The highest BCUT2D eigenvalue weighted by Gasteiger charge is 2.35. The number of allylic oxidation sites excluding steroid dienone is 1. The number of fused-ring (bicyclic) bond motifs is 2. The molecule has 3 aromatic rings. The lowest BCUT2D eigenvalue weighted by Crippen LogP contribution is -2.31. The number of aromatic nitrogens is 1. The van der Waals surface area contributed by atoms with Crippen LogP contribution in [0.3, 0.4) is 0 Å². The smallest absolute Gasteiger partial charge is 0.339 e. The molecule has 1 aromatic carbocycles. The van der Waals surface area contributed by atoms with E-state index in [-0.39, 0.29) is 17.9 Å². The molecule has 2 heterocycles. The van der Waals surface area contributed by atoms with Crippen LogP contribution in [0.1, 0.15) is 73.4 Å². The van der Waals surface area contributed by atoms with Crippen molar-refractivity contribution in [3.8, 4) is 0 Å². The van der Waals surface area contributed by atoms with Crippen molar-refractivity contribution in [3.63, 3.8) is 0 Å². The van der Waals surface area contributed by atoms with Crippen LogP contribution >= 0.6 is 11.3 Å². The van der Waals surface area contributed by atoms with E-state index in [0.29, 0.717) is 18.0 Å². The molecule has 1 aliphatic carbocycles. The Morgan fingerprint density at radius 2 is 1.97 bits per heavy atom. The normalized spacial score (nSPS) is 16.8. The Balaban J connectivity index is 1.78. The molecular weight excluding hydrogens is 456 g/mol. The summed E-state index contributed by atoms with van der Waals surface area (Å²) in [4.78, 5) is 31.9. The van der Waals surface area contributed by atoms with Crippen molar-refractivity contribution >= 4 is 45.8 Å². The number of rotatable bonds is 7. The molecule has 1 unspecified atom stereocenters. The summed E-state index contributed by atoms with van der Waals surface area (Å²) in [7, 11) is 0. The molecule has 0 radical (unpaired) electrons. The van der Waals surface area contributed by atoms with E-state index in [9.17, 15) is 9.59 Å². The first-order chi connectivity index (χ1) is 16.8. The van der Waals surface area contributed by atoms with Gasteiger partial charge < -0.3 is 10.1 Å². The van der Waals surface area contributed by atoms with E-state index < -0.39 is 5.97 Å². The van der Waals surface area contributed by atoms with E-state index >= 15 is 0 Å². The number of ether oxygens (including phenoxy) is 1. The number of amides is 1. The maximum atomic E-state index is 13.5. The number of thiophene rings is 1. The summed E-state index contributed by atoms with van der Waals surface area (Å²) in [5.74, 6) is -0.395. The minimum atomic E-state index is -0.462. The number of nitrogens with zero attached hydrogens (tertiary/aromatic N) is 1. The van der Waals surface area contributed by atoms with Crippen molar-refractivity contribution < 1.29 is 14.3 Å². The number of nitrogens with one attached hydrogen (secondary N) is 1. The Bertz CT molecular complexity index is 1240. The van der Waals surface area contributed by atoms with Crippen LogP contribution in [0.2, 0.25) is 0 Å². The third-order valence-corrected chi connectivity index (χ3v) is 7.51. The molecule has 0 aliphatic heterocycles. The van der Waals surface area contributed by atoms with Gasteiger partial charge in [0.1, 0.15) is 0 Å². The van der Waals surface area contributed by atoms with Gasteiger partial charge in [-0.3, -0.25) is 4.79 Å². The minimum Gasteiger partial charge on any atom is -0.452 e. The summed E-state index contributed by atoms with van der Waals surface area (Å²) in [6.45, 7) is 9.12. The first kappa shape index (κ1) is 25.1. The maximum Gasteiger partial charge on any atom is 0.339 e. The maximum absolute atomic E-state index is 13.5. The number of carbonyl (C=O) groups excluding carboxylic acids is 2. The number of hydrogen-bond donors (Lipinski definition) is 1. The Morgan fingerprint density at radius 3 is 2.69 bits per heavy atom. The highest BCUT2D eigenvalue weighted by Crippen LogP contribution is 2.45. The predicted octanol–water partition coefficient (Wildman–Crippen LogP) is 6.52. The number of benzene rings is 1. The lowest BCUT2D eigenvalue weighted by atomic mass is 9.69. The molecule has 0 fully saturated rings. The second-order valence-corrected chi connectivity index (χ2v) is 11.2. The van der Waals surface area contributed by atoms with Crippen LogP contribution in [0, 0.1) is 11.3 Å². The fourth-order valence-electron chi connectivity index (χ4n) is 4.57. The van der Waals surface area contributed by atoms with Crippen LogP contribution in [-0.4, -0.2) is 30.0 Å². The van der Waals surface area contributed by atoms with Crippen molar-refractivity contribution in [1.82, 2.24) is 10.3 Å². The molecule has 5 nitrogen and oxygen atoms in total. The SMILES string of the molecule is CCCCNC(=O)COC(=O)c1c2c(nc3ccccc13)C(=Cc1cccs1)CC(C(C)(C)C)C2. The summed E-state index contributed by atoms with van der Waals surface area (Å²) in [5.41, 5.74) is 4.30. The van der Waals surface area contributed by atoms with Gasteiger partial charge in [-0.1, -0.05) is 58.4 Å². The lowest BCUT2D eigenvalue weighted by Gasteiger charge is -2.36. The molecule has 35 heavy (non-hydrogen) atoms. The second kappa shape index (κ2) is 10.7. The molecule has 0 saturated heterocycles. The molecule has 6 heteroatoms. The Kier molecular flexibility index (Phi) is 7.70. The van der Waals surface area contributed by atoms with Gasteiger partial charge in [-0.25, -0.2) is 9.78 Å². The first-order valence-electron chi connectivity index (χ1n) is 12.4. The summed E-state index contributed by atoms with van der Waals surface area (Å²) in [6, 6.07) is 11.8. The number of pyridine rings is 1. The van der Waals surface area contributed by atoms with E-state index in [1.54, 1.807) is 11.3 Å². The number of hydrogen-bond acceptors (Lipinski definition) is 5. The van der Waals surface area contributed by atoms with E-state index in [1.807, 2.05) is 30.3 Å². The predicted molar refractivity (Wildman–Crippen MR) is 143 cm³/mol. The van der Waals surface area contributed by atoms with Crippen LogP contribution < -0.4 is 5.32 Å². The van der Waals surface area contributed by atoms with Gasteiger partial charge in [-0.15, -0.1) is 11.3 Å². The van der Waals surface area contributed by atoms with E-state index in [2.05, 4.69) is 50.5 Å². The van der Waals surface area contributed by atoms with Crippen LogP contribution in [-0.2, 0) is 16.0 Å². The zero-order valence-corrected chi connectivity index (χ0v) is 21.8. The van der Waals surface area contributed by atoms with Crippen molar-refractivity contribution in [2.45, 2.75) is 53.4 Å². The molecule has 2 aromatic heterocycles. The minimum absolute atomic E-state index is 0.0538. The third-order valence-electron chi connectivity index (χ3n) is 6.69. The van der Waals surface area contributed by atoms with E-state index in [1.165, 1.54) is 4.88 Å². The standard InChI is InChI=1S/C29H34N2O3S/c1-5-6-13-30-25(32)18-34-28(33)26-22-11-7-8-12-24(22)31-27-19(16-21-10-9-14-35-21)15-20(17-23(26)27)29(2,3)4/h7-12,14,16,20H,5-6,13,15,17-18H2,1-4H3,(H,30,32). The van der Waals surface area contributed by atoms with Gasteiger partial charge in [0, 0.05) is 16.8 Å². The monoisotopic (exact) mass is 490 g/mol. The summed E-state index contributed by atoms with van der Waals surface area (Å²) >= 11 is 1.69.